The highest BCUT2D eigenvalue weighted by atomic mass is 16.1. The van der Waals surface area contributed by atoms with Crippen molar-refractivity contribution >= 4 is 11.7 Å². The summed E-state index contributed by atoms with van der Waals surface area (Å²) in [6.07, 6.45) is 9.74. The maximum Gasteiger partial charge on any atom is 0.224 e. The Balaban J connectivity index is 1.28. The first-order valence-corrected chi connectivity index (χ1v) is 9.85. The second kappa shape index (κ2) is 7.90. The summed E-state index contributed by atoms with van der Waals surface area (Å²) in [6.45, 7) is 2.74. The number of anilines is 1. The van der Waals surface area contributed by atoms with Crippen molar-refractivity contribution in [3.05, 3.63) is 58.8 Å². The minimum atomic E-state index is 0.0723. The number of amides is 1. The molecule has 1 aromatic heterocycles. The van der Waals surface area contributed by atoms with E-state index < -0.39 is 0 Å². The Kier molecular flexibility index (Phi) is 5.19. The van der Waals surface area contributed by atoms with Gasteiger partial charge in [-0.1, -0.05) is 24.3 Å². The Morgan fingerprint density at radius 3 is 2.58 bits per heavy atom. The van der Waals surface area contributed by atoms with Crippen LogP contribution in [-0.2, 0) is 30.6 Å². The number of nitrogens with one attached hydrogen (secondary N) is 1. The average Bonchev–Trinajstić information content (AvgIpc) is 3.15. The molecule has 2 aliphatic rings. The summed E-state index contributed by atoms with van der Waals surface area (Å²) in [5, 5.41) is 3.02. The molecule has 4 nitrogen and oxygen atoms in total. The van der Waals surface area contributed by atoms with Crippen LogP contribution < -0.4 is 10.2 Å². The highest BCUT2D eigenvalue weighted by Gasteiger charge is 2.13. The fourth-order valence-electron chi connectivity index (χ4n) is 4.01. The lowest BCUT2D eigenvalue weighted by Gasteiger charge is -2.27. The zero-order valence-corrected chi connectivity index (χ0v) is 15.3. The fourth-order valence-corrected chi connectivity index (χ4v) is 4.01. The molecule has 4 rings (SSSR count). The molecule has 0 bridgehead atoms. The van der Waals surface area contributed by atoms with Crippen LogP contribution in [0.1, 0.15) is 47.9 Å². The predicted octanol–water partition coefficient (Wildman–Crippen LogP) is 3.42. The van der Waals surface area contributed by atoms with Crippen molar-refractivity contribution in [2.24, 2.45) is 0 Å². The van der Waals surface area contributed by atoms with E-state index in [1.807, 2.05) is 6.20 Å². The maximum atomic E-state index is 12.3. The van der Waals surface area contributed by atoms with Crippen LogP contribution in [0.5, 0.6) is 0 Å². The summed E-state index contributed by atoms with van der Waals surface area (Å²) >= 11 is 0. The number of pyridine rings is 1. The van der Waals surface area contributed by atoms with Crippen LogP contribution in [0.3, 0.4) is 0 Å². The van der Waals surface area contributed by atoms with Gasteiger partial charge < -0.3 is 10.2 Å². The number of fused-ring (bicyclic) bond motifs is 1. The first-order valence-electron chi connectivity index (χ1n) is 9.85. The van der Waals surface area contributed by atoms with Gasteiger partial charge in [-0.25, -0.2) is 4.98 Å². The van der Waals surface area contributed by atoms with Crippen LogP contribution in [0.25, 0.3) is 0 Å². The molecule has 1 aliphatic heterocycles. The third kappa shape index (κ3) is 4.06. The molecular weight excluding hydrogens is 322 g/mol. The second-order valence-electron chi connectivity index (χ2n) is 7.48. The van der Waals surface area contributed by atoms with Crippen LogP contribution in [0, 0.1) is 0 Å². The second-order valence-corrected chi connectivity index (χ2v) is 7.48. The van der Waals surface area contributed by atoms with Crippen molar-refractivity contribution in [3.8, 4) is 0 Å². The molecule has 0 radical (unpaired) electrons. The van der Waals surface area contributed by atoms with Crippen molar-refractivity contribution in [1.29, 1.82) is 0 Å². The van der Waals surface area contributed by atoms with E-state index in [0.29, 0.717) is 13.0 Å². The normalized spacial score (nSPS) is 16.4. The summed E-state index contributed by atoms with van der Waals surface area (Å²) in [7, 11) is 0. The largest absolute Gasteiger partial charge is 0.357 e. The molecule has 4 heteroatoms. The number of hydrogen-bond donors (Lipinski definition) is 1. The maximum absolute atomic E-state index is 12.3. The zero-order chi connectivity index (χ0) is 17.8. The van der Waals surface area contributed by atoms with Gasteiger partial charge in [-0.15, -0.1) is 0 Å². The summed E-state index contributed by atoms with van der Waals surface area (Å²) in [5.74, 6) is 1.13. The molecule has 2 heterocycles. The van der Waals surface area contributed by atoms with Crippen molar-refractivity contribution in [3.63, 3.8) is 0 Å². The molecule has 1 saturated heterocycles. The lowest BCUT2D eigenvalue weighted by Crippen LogP contribution is -2.30. The molecule has 1 fully saturated rings. The van der Waals surface area contributed by atoms with Crippen LogP contribution in [-0.4, -0.2) is 24.0 Å². The molecule has 136 valence electrons. The predicted molar refractivity (Wildman–Crippen MR) is 104 cm³/mol. The number of nitrogens with zero attached hydrogens (tertiary/aromatic N) is 2. The van der Waals surface area contributed by atoms with E-state index in [1.165, 1.54) is 43.2 Å². The minimum Gasteiger partial charge on any atom is -0.357 e. The van der Waals surface area contributed by atoms with E-state index in [2.05, 4.69) is 45.5 Å². The highest BCUT2D eigenvalue weighted by molar-refractivity contribution is 5.78. The standard InChI is InChI=1S/C22H27N3O/c26-22(14-17-7-9-19-5-4-6-20(19)13-17)24-16-18-8-10-21(23-15-18)25-11-2-1-3-12-25/h7-10,13,15H,1-6,11-12,14,16H2,(H,24,26). The quantitative estimate of drug-likeness (QED) is 0.900. The molecule has 1 amide bonds. The van der Waals surface area contributed by atoms with Gasteiger partial charge in [0, 0.05) is 25.8 Å². The number of hydrogen-bond acceptors (Lipinski definition) is 3. The Hall–Kier alpha value is -2.36. The first-order chi connectivity index (χ1) is 12.8. The zero-order valence-electron chi connectivity index (χ0n) is 15.3. The Morgan fingerprint density at radius 2 is 1.77 bits per heavy atom. The van der Waals surface area contributed by atoms with E-state index >= 15 is 0 Å². The molecule has 0 saturated carbocycles. The smallest absolute Gasteiger partial charge is 0.224 e. The summed E-state index contributed by atoms with van der Waals surface area (Å²) in [5.41, 5.74) is 5.04. The number of aryl methyl sites for hydroxylation is 2. The average molecular weight is 349 g/mol. The number of carbonyl (C=O) groups excluding carboxylic acids is 1. The van der Waals surface area contributed by atoms with E-state index in [4.69, 9.17) is 0 Å². The number of piperidine rings is 1. The molecule has 0 unspecified atom stereocenters. The molecule has 1 N–H and O–H groups in total. The summed E-state index contributed by atoms with van der Waals surface area (Å²) < 4.78 is 0. The molecule has 0 atom stereocenters. The number of carbonyl (C=O) groups is 1. The van der Waals surface area contributed by atoms with Crippen LogP contribution >= 0.6 is 0 Å². The van der Waals surface area contributed by atoms with Gasteiger partial charge in [-0.2, -0.15) is 0 Å². The van der Waals surface area contributed by atoms with Gasteiger partial charge in [0.25, 0.3) is 0 Å². The van der Waals surface area contributed by atoms with Gasteiger partial charge in [0.1, 0.15) is 5.82 Å². The van der Waals surface area contributed by atoms with E-state index in [-0.39, 0.29) is 5.91 Å². The number of rotatable bonds is 5. The Bertz CT molecular complexity index is 763. The van der Waals surface area contributed by atoms with Crippen LogP contribution in [0.2, 0.25) is 0 Å². The van der Waals surface area contributed by atoms with Crippen LogP contribution in [0.15, 0.2) is 36.5 Å². The van der Waals surface area contributed by atoms with Crippen molar-refractivity contribution < 1.29 is 4.79 Å². The SMILES string of the molecule is O=C(Cc1ccc2c(c1)CCC2)NCc1ccc(N2CCCCC2)nc1. The monoisotopic (exact) mass is 349 g/mol. The van der Waals surface area contributed by atoms with Crippen molar-refractivity contribution in [1.82, 2.24) is 10.3 Å². The van der Waals surface area contributed by atoms with Gasteiger partial charge in [-0.05, 0) is 66.8 Å². The van der Waals surface area contributed by atoms with Gasteiger partial charge in [-0.3, -0.25) is 4.79 Å². The summed E-state index contributed by atoms with van der Waals surface area (Å²) in [6, 6.07) is 10.6. The molecule has 0 spiro atoms. The molecule has 1 aliphatic carbocycles. The summed E-state index contributed by atoms with van der Waals surface area (Å²) in [4.78, 5) is 19.2. The van der Waals surface area contributed by atoms with E-state index in [0.717, 1.165) is 36.5 Å². The molecule has 1 aromatic carbocycles. The third-order valence-electron chi connectivity index (χ3n) is 5.51. The lowest BCUT2D eigenvalue weighted by atomic mass is 10.0. The van der Waals surface area contributed by atoms with Gasteiger partial charge in [0.15, 0.2) is 0 Å². The van der Waals surface area contributed by atoms with E-state index in [1.54, 1.807) is 0 Å². The van der Waals surface area contributed by atoms with Crippen molar-refractivity contribution in [2.75, 3.05) is 18.0 Å². The first kappa shape index (κ1) is 17.1. The van der Waals surface area contributed by atoms with Crippen molar-refractivity contribution in [2.45, 2.75) is 51.5 Å². The van der Waals surface area contributed by atoms with Gasteiger partial charge in [0.05, 0.1) is 6.42 Å². The highest BCUT2D eigenvalue weighted by Crippen LogP contribution is 2.23. The van der Waals surface area contributed by atoms with Gasteiger partial charge in [0.2, 0.25) is 5.91 Å². The van der Waals surface area contributed by atoms with E-state index in [9.17, 15) is 4.79 Å². The minimum absolute atomic E-state index is 0.0723. The van der Waals surface area contributed by atoms with Gasteiger partial charge >= 0.3 is 0 Å². The van der Waals surface area contributed by atoms with Crippen LogP contribution in [0.4, 0.5) is 5.82 Å². The molecule has 26 heavy (non-hydrogen) atoms. The Morgan fingerprint density at radius 1 is 0.962 bits per heavy atom. The fraction of sp³-hybridized carbons (Fsp3) is 0.455. The topological polar surface area (TPSA) is 45.2 Å². The Labute approximate surface area is 155 Å². The molecular formula is C22H27N3O. The number of benzene rings is 1. The molecule has 2 aromatic rings. The lowest BCUT2D eigenvalue weighted by molar-refractivity contribution is -0.120. The number of aromatic nitrogens is 1. The third-order valence-corrected chi connectivity index (χ3v) is 5.51.